The fourth-order valence-electron chi connectivity index (χ4n) is 2.63. The maximum absolute atomic E-state index is 12.3. The van der Waals surface area contributed by atoms with Gasteiger partial charge in [-0.15, -0.1) is 0 Å². The third-order valence-electron chi connectivity index (χ3n) is 3.80. The lowest BCUT2D eigenvalue weighted by Crippen LogP contribution is -2.48. The van der Waals surface area contributed by atoms with Gasteiger partial charge in [-0.05, 0) is 30.5 Å². The van der Waals surface area contributed by atoms with Crippen LogP contribution in [0.5, 0.6) is 0 Å². The first-order valence-corrected chi connectivity index (χ1v) is 7.01. The summed E-state index contributed by atoms with van der Waals surface area (Å²) in [7, 11) is 1.64. The summed E-state index contributed by atoms with van der Waals surface area (Å²) < 4.78 is 5.04. The van der Waals surface area contributed by atoms with Gasteiger partial charge in [-0.1, -0.05) is 31.4 Å². The van der Waals surface area contributed by atoms with Gasteiger partial charge in [0.15, 0.2) is 0 Å². The van der Waals surface area contributed by atoms with Gasteiger partial charge < -0.3 is 10.1 Å². The Bertz CT molecular complexity index is 496. The van der Waals surface area contributed by atoms with Gasteiger partial charge in [0.05, 0.1) is 12.7 Å². The molecule has 0 atom stereocenters. The molecule has 2 rings (SSSR count). The predicted molar refractivity (Wildman–Crippen MR) is 76.1 cm³/mol. The van der Waals surface area contributed by atoms with Gasteiger partial charge in [0.25, 0.3) is 5.91 Å². The van der Waals surface area contributed by atoms with E-state index in [1.54, 1.807) is 19.2 Å². The molecule has 0 radical (unpaired) electrons. The number of carbonyl (C=O) groups excluding carboxylic acids is 1. The molecule has 4 nitrogen and oxygen atoms in total. The molecule has 0 bridgehead atoms. The molecule has 1 saturated carbocycles. The Labute approximate surface area is 119 Å². The molecule has 1 N–H and O–H groups in total. The molecule has 1 aromatic carbocycles. The summed E-state index contributed by atoms with van der Waals surface area (Å²) in [4.78, 5) is 12.3. The molecule has 4 heteroatoms. The third kappa shape index (κ3) is 3.37. The number of rotatable bonds is 4. The Morgan fingerprint density at radius 3 is 2.50 bits per heavy atom. The van der Waals surface area contributed by atoms with E-state index < -0.39 is 5.54 Å². The number of nitrogens with one attached hydrogen (secondary N) is 1. The van der Waals surface area contributed by atoms with Crippen LogP contribution in [0.25, 0.3) is 0 Å². The quantitative estimate of drug-likeness (QED) is 0.916. The second-order valence-corrected chi connectivity index (χ2v) is 5.34. The van der Waals surface area contributed by atoms with Gasteiger partial charge in [0.2, 0.25) is 0 Å². The van der Waals surface area contributed by atoms with Crippen LogP contribution < -0.4 is 5.32 Å². The zero-order chi connectivity index (χ0) is 14.4. The number of nitrogens with zero attached hydrogens (tertiary/aromatic N) is 1. The molecule has 0 aliphatic heterocycles. The van der Waals surface area contributed by atoms with E-state index in [9.17, 15) is 10.1 Å². The van der Waals surface area contributed by atoms with Gasteiger partial charge >= 0.3 is 0 Å². The SMILES string of the molecule is COCc1ccc(C(=O)NC2(C#N)CCCCC2)cc1. The molecule has 1 aliphatic rings. The number of carbonyl (C=O) groups is 1. The van der Waals surface area contributed by atoms with Crippen LogP contribution in [0.2, 0.25) is 0 Å². The topological polar surface area (TPSA) is 62.1 Å². The maximum atomic E-state index is 12.3. The minimum atomic E-state index is -0.680. The van der Waals surface area contributed by atoms with E-state index in [1.165, 1.54) is 0 Å². The van der Waals surface area contributed by atoms with E-state index in [4.69, 9.17) is 4.74 Å². The first-order valence-electron chi connectivity index (χ1n) is 7.01. The van der Waals surface area contributed by atoms with Gasteiger partial charge in [-0.25, -0.2) is 0 Å². The van der Waals surface area contributed by atoms with Crippen LogP contribution in [0.4, 0.5) is 0 Å². The summed E-state index contributed by atoms with van der Waals surface area (Å²) in [5.74, 6) is -0.169. The second kappa shape index (κ2) is 6.53. The number of ether oxygens (including phenoxy) is 1. The highest BCUT2D eigenvalue weighted by Crippen LogP contribution is 2.27. The van der Waals surface area contributed by atoms with E-state index in [-0.39, 0.29) is 5.91 Å². The van der Waals surface area contributed by atoms with Crippen molar-refractivity contribution in [3.63, 3.8) is 0 Å². The molecule has 0 heterocycles. The first-order chi connectivity index (χ1) is 9.69. The highest BCUT2D eigenvalue weighted by molar-refractivity contribution is 5.95. The highest BCUT2D eigenvalue weighted by atomic mass is 16.5. The summed E-state index contributed by atoms with van der Waals surface area (Å²) in [6.45, 7) is 0.532. The Hall–Kier alpha value is -1.86. The van der Waals surface area contributed by atoms with Gasteiger partial charge in [0.1, 0.15) is 5.54 Å². The fraction of sp³-hybridized carbons (Fsp3) is 0.500. The lowest BCUT2D eigenvalue weighted by molar-refractivity contribution is 0.0902. The molecule has 0 saturated heterocycles. The van der Waals surface area contributed by atoms with Crippen molar-refractivity contribution in [2.75, 3.05) is 7.11 Å². The molecule has 1 amide bonds. The number of methoxy groups -OCH3 is 1. The molecule has 1 fully saturated rings. The van der Waals surface area contributed by atoms with Crippen LogP contribution in [0.15, 0.2) is 24.3 Å². The van der Waals surface area contributed by atoms with Crippen molar-refractivity contribution in [2.45, 2.75) is 44.2 Å². The molecular weight excluding hydrogens is 252 g/mol. The van der Waals surface area contributed by atoms with Crippen LogP contribution in [0, 0.1) is 11.3 Å². The van der Waals surface area contributed by atoms with Crippen molar-refractivity contribution < 1.29 is 9.53 Å². The minimum absolute atomic E-state index is 0.169. The normalized spacial score (nSPS) is 17.2. The van der Waals surface area contributed by atoms with E-state index in [2.05, 4.69) is 11.4 Å². The third-order valence-corrected chi connectivity index (χ3v) is 3.80. The van der Waals surface area contributed by atoms with Crippen molar-refractivity contribution in [3.8, 4) is 6.07 Å². The van der Waals surface area contributed by atoms with Gasteiger partial charge in [-0.3, -0.25) is 4.79 Å². The summed E-state index contributed by atoms with van der Waals surface area (Å²) in [6, 6.07) is 9.60. The van der Waals surface area contributed by atoms with Gasteiger partial charge in [-0.2, -0.15) is 5.26 Å². The fourth-order valence-corrected chi connectivity index (χ4v) is 2.63. The predicted octanol–water partition coefficient (Wildman–Crippen LogP) is 2.79. The van der Waals surface area contributed by atoms with E-state index in [0.29, 0.717) is 12.2 Å². The van der Waals surface area contributed by atoms with Crippen molar-refractivity contribution in [1.29, 1.82) is 5.26 Å². The Balaban J connectivity index is 2.05. The zero-order valence-electron chi connectivity index (χ0n) is 11.8. The molecule has 0 aromatic heterocycles. The highest BCUT2D eigenvalue weighted by Gasteiger charge is 2.33. The van der Waals surface area contributed by atoms with Crippen molar-refractivity contribution in [1.82, 2.24) is 5.32 Å². The van der Waals surface area contributed by atoms with Crippen molar-refractivity contribution >= 4 is 5.91 Å². The Morgan fingerprint density at radius 2 is 1.95 bits per heavy atom. The van der Waals surface area contributed by atoms with Crippen molar-refractivity contribution in [3.05, 3.63) is 35.4 Å². The monoisotopic (exact) mass is 272 g/mol. The standard InChI is InChI=1S/C16H20N2O2/c1-20-11-13-5-7-14(8-6-13)15(19)18-16(12-17)9-3-2-4-10-16/h5-8H,2-4,9-11H2,1H3,(H,18,19). The maximum Gasteiger partial charge on any atom is 0.252 e. The van der Waals surface area contributed by atoms with E-state index >= 15 is 0 Å². The Morgan fingerprint density at radius 1 is 1.30 bits per heavy atom. The summed E-state index contributed by atoms with van der Waals surface area (Å²) >= 11 is 0. The van der Waals surface area contributed by atoms with Gasteiger partial charge in [0, 0.05) is 12.7 Å². The number of amides is 1. The minimum Gasteiger partial charge on any atom is -0.380 e. The molecule has 1 aliphatic carbocycles. The lowest BCUT2D eigenvalue weighted by atomic mass is 9.82. The second-order valence-electron chi connectivity index (χ2n) is 5.34. The van der Waals surface area contributed by atoms with Crippen LogP contribution in [0.1, 0.15) is 48.0 Å². The molecule has 0 spiro atoms. The van der Waals surface area contributed by atoms with Crippen LogP contribution in [-0.4, -0.2) is 18.6 Å². The van der Waals surface area contributed by atoms with Crippen LogP contribution in [0.3, 0.4) is 0 Å². The average Bonchev–Trinajstić information content (AvgIpc) is 2.49. The summed E-state index contributed by atoms with van der Waals surface area (Å²) in [5.41, 5.74) is 0.933. The molecular formula is C16H20N2O2. The van der Waals surface area contributed by atoms with E-state index in [0.717, 1.165) is 37.7 Å². The van der Waals surface area contributed by atoms with Crippen molar-refractivity contribution in [2.24, 2.45) is 0 Å². The zero-order valence-corrected chi connectivity index (χ0v) is 11.8. The number of benzene rings is 1. The number of nitriles is 1. The smallest absolute Gasteiger partial charge is 0.252 e. The molecule has 0 unspecified atom stereocenters. The summed E-state index contributed by atoms with van der Waals surface area (Å²) in [5, 5.41) is 12.3. The Kier molecular flexibility index (Phi) is 4.75. The first kappa shape index (κ1) is 14.5. The molecule has 20 heavy (non-hydrogen) atoms. The summed E-state index contributed by atoms with van der Waals surface area (Å²) in [6.07, 6.45) is 4.64. The number of hydrogen-bond donors (Lipinski definition) is 1. The number of hydrogen-bond acceptors (Lipinski definition) is 3. The average molecular weight is 272 g/mol. The largest absolute Gasteiger partial charge is 0.380 e. The van der Waals surface area contributed by atoms with E-state index in [1.807, 2.05) is 12.1 Å². The van der Waals surface area contributed by atoms with Crippen LogP contribution in [-0.2, 0) is 11.3 Å². The molecule has 1 aromatic rings. The molecule has 106 valence electrons. The lowest BCUT2D eigenvalue weighted by Gasteiger charge is -2.31. The van der Waals surface area contributed by atoms with Crippen LogP contribution >= 0.6 is 0 Å².